The van der Waals surface area contributed by atoms with Gasteiger partial charge in [-0.2, -0.15) is 0 Å². The molecule has 1 atom stereocenters. The lowest BCUT2D eigenvalue weighted by Crippen LogP contribution is -2.24. The summed E-state index contributed by atoms with van der Waals surface area (Å²) in [6, 6.07) is 15.5. The molecule has 3 aromatic heterocycles. The average molecular weight is 394 g/mol. The number of benzene rings is 1. The summed E-state index contributed by atoms with van der Waals surface area (Å²) in [5, 5.41) is 4.50. The Labute approximate surface area is 167 Å². The molecule has 0 aliphatic carbocycles. The lowest BCUT2D eigenvalue weighted by atomic mass is 9.89. The van der Waals surface area contributed by atoms with Crippen molar-refractivity contribution in [1.29, 1.82) is 0 Å². The molecule has 1 N–H and O–H groups in total. The highest BCUT2D eigenvalue weighted by molar-refractivity contribution is 6.29. The molecule has 0 bridgehead atoms. The minimum Gasteiger partial charge on any atom is -0.467 e. The van der Waals surface area contributed by atoms with Gasteiger partial charge in [-0.15, -0.1) is 0 Å². The first-order valence-electron chi connectivity index (χ1n) is 9.06. The third kappa shape index (κ3) is 3.80. The van der Waals surface area contributed by atoms with E-state index in [4.69, 9.17) is 16.0 Å². The van der Waals surface area contributed by atoms with E-state index in [0.29, 0.717) is 18.1 Å². The van der Waals surface area contributed by atoms with Gasteiger partial charge in [-0.05, 0) is 35.4 Å². The van der Waals surface area contributed by atoms with E-state index in [-0.39, 0.29) is 11.8 Å². The summed E-state index contributed by atoms with van der Waals surface area (Å²) in [5.74, 6) is 0.542. The second-order valence-corrected chi connectivity index (χ2v) is 7.13. The highest BCUT2D eigenvalue weighted by atomic mass is 35.5. The first-order valence-corrected chi connectivity index (χ1v) is 9.44. The van der Waals surface area contributed by atoms with Crippen LogP contribution in [0.1, 0.15) is 29.2 Å². The lowest BCUT2D eigenvalue weighted by Gasteiger charge is -2.17. The summed E-state index contributed by atoms with van der Waals surface area (Å²) >= 11 is 5.97. The second kappa shape index (κ2) is 7.90. The Balaban J connectivity index is 1.65. The molecule has 1 amide bonds. The summed E-state index contributed by atoms with van der Waals surface area (Å²) in [6.07, 6.45) is 5.73. The summed E-state index contributed by atoms with van der Waals surface area (Å²) in [7, 11) is 2.01. The minimum atomic E-state index is -0.132. The summed E-state index contributed by atoms with van der Waals surface area (Å²) < 4.78 is 7.37. The van der Waals surface area contributed by atoms with E-state index in [0.717, 1.165) is 27.8 Å². The number of hydrogen-bond donors (Lipinski definition) is 1. The van der Waals surface area contributed by atoms with Crippen LogP contribution in [0.2, 0.25) is 5.15 Å². The molecular weight excluding hydrogens is 374 g/mol. The van der Waals surface area contributed by atoms with Gasteiger partial charge < -0.3 is 14.3 Å². The van der Waals surface area contributed by atoms with E-state index >= 15 is 0 Å². The number of amides is 1. The van der Waals surface area contributed by atoms with E-state index in [9.17, 15) is 4.79 Å². The number of carbonyl (C=O) groups is 1. The van der Waals surface area contributed by atoms with Crippen LogP contribution in [0.15, 0.2) is 71.6 Å². The third-order valence-electron chi connectivity index (χ3n) is 4.89. The molecule has 28 heavy (non-hydrogen) atoms. The number of halogens is 1. The number of fused-ring (bicyclic) bond motifs is 1. The van der Waals surface area contributed by atoms with Gasteiger partial charge in [0.1, 0.15) is 10.9 Å². The number of aryl methyl sites for hydroxylation is 1. The number of furan rings is 1. The van der Waals surface area contributed by atoms with Crippen molar-refractivity contribution < 1.29 is 9.21 Å². The van der Waals surface area contributed by atoms with E-state index in [1.54, 1.807) is 24.6 Å². The summed E-state index contributed by atoms with van der Waals surface area (Å²) in [6.45, 7) is 0.368. The molecule has 0 saturated carbocycles. The average Bonchev–Trinajstić information content (AvgIpc) is 3.34. The van der Waals surface area contributed by atoms with Crippen LogP contribution in [-0.2, 0) is 18.4 Å². The molecule has 4 aromatic rings. The first-order chi connectivity index (χ1) is 13.6. The number of carbonyl (C=O) groups excluding carboxylic acids is 1. The standard InChI is InChI=1S/C22H20ClN3O2/c1-26-14-19(17-6-2-3-7-20(17)26)18(15-8-9-21(23)24-12-15)11-22(27)25-13-16-5-4-10-28-16/h2-10,12,14,18H,11,13H2,1H3,(H,25,27)/t18-/m1/s1. The van der Waals surface area contributed by atoms with Gasteiger partial charge >= 0.3 is 0 Å². The van der Waals surface area contributed by atoms with Crippen LogP contribution in [0.5, 0.6) is 0 Å². The third-order valence-corrected chi connectivity index (χ3v) is 5.11. The number of para-hydroxylation sites is 1. The fraction of sp³-hybridized carbons (Fsp3) is 0.182. The van der Waals surface area contributed by atoms with Gasteiger partial charge in [0.25, 0.3) is 0 Å². The Morgan fingerprint density at radius 3 is 2.82 bits per heavy atom. The molecule has 1 aromatic carbocycles. The Morgan fingerprint density at radius 1 is 1.21 bits per heavy atom. The van der Waals surface area contributed by atoms with Gasteiger partial charge in [0, 0.05) is 42.7 Å². The Bertz CT molecular complexity index is 1080. The molecule has 5 nitrogen and oxygen atoms in total. The largest absolute Gasteiger partial charge is 0.467 e. The maximum absolute atomic E-state index is 12.7. The molecule has 0 unspecified atom stereocenters. The lowest BCUT2D eigenvalue weighted by molar-refractivity contribution is -0.121. The number of rotatable bonds is 6. The van der Waals surface area contributed by atoms with Crippen molar-refractivity contribution in [3.05, 3.63) is 89.2 Å². The SMILES string of the molecule is Cn1cc([C@H](CC(=O)NCc2ccco2)c2ccc(Cl)nc2)c2ccccc21. The van der Waals surface area contributed by atoms with Crippen LogP contribution in [0.3, 0.4) is 0 Å². The van der Waals surface area contributed by atoms with Crippen LogP contribution in [0.25, 0.3) is 10.9 Å². The smallest absolute Gasteiger partial charge is 0.221 e. The van der Waals surface area contributed by atoms with Gasteiger partial charge in [-0.1, -0.05) is 35.9 Å². The molecule has 142 valence electrons. The number of nitrogens with zero attached hydrogens (tertiary/aromatic N) is 2. The topological polar surface area (TPSA) is 60.1 Å². The van der Waals surface area contributed by atoms with Crippen molar-refractivity contribution >= 4 is 28.4 Å². The highest BCUT2D eigenvalue weighted by Gasteiger charge is 2.22. The van der Waals surface area contributed by atoms with Crippen molar-refractivity contribution in [1.82, 2.24) is 14.9 Å². The molecule has 0 spiro atoms. The van der Waals surface area contributed by atoms with Crippen LogP contribution >= 0.6 is 11.6 Å². The van der Waals surface area contributed by atoms with Crippen molar-refractivity contribution in [2.75, 3.05) is 0 Å². The molecule has 0 aliphatic heterocycles. The zero-order chi connectivity index (χ0) is 19.5. The fourth-order valence-electron chi connectivity index (χ4n) is 3.51. The van der Waals surface area contributed by atoms with Crippen molar-refractivity contribution in [3.63, 3.8) is 0 Å². The Hall–Kier alpha value is -3.05. The second-order valence-electron chi connectivity index (χ2n) is 6.74. The molecule has 3 heterocycles. The molecule has 0 fully saturated rings. The van der Waals surface area contributed by atoms with E-state index in [1.807, 2.05) is 31.3 Å². The van der Waals surface area contributed by atoms with Crippen LogP contribution in [0, 0.1) is 0 Å². The van der Waals surface area contributed by atoms with E-state index in [1.165, 1.54) is 0 Å². The maximum Gasteiger partial charge on any atom is 0.221 e. The maximum atomic E-state index is 12.7. The van der Waals surface area contributed by atoms with Crippen LogP contribution in [0.4, 0.5) is 0 Å². The van der Waals surface area contributed by atoms with Crippen LogP contribution < -0.4 is 5.32 Å². The predicted molar refractivity (Wildman–Crippen MR) is 109 cm³/mol. The zero-order valence-electron chi connectivity index (χ0n) is 15.4. The monoisotopic (exact) mass is 393 g/mol. The van der Waals surface area contributed by atoms with Crippen LogP contribution in [-0.4, -0.2) is 15.5 Å². The zero-order valence-corrected chi connectivity index (χ0v) is 16.2. The van der Waals surface area contributed by atoms with E-state index in [2.05, 4.69) is 33.2 Å². The number of nitrogens with one attached hydrogen (secondary N) is 1. The van der Waals surface area contributed by atoms with E-state index < -0.39 is 0 Å². The first kappa shape index (κ1) is 18.3. The van der Waals surface area contributed by atoms with Gasteiger partial charge in [-0.25, -0.2) is 4.98 Å². The number of aromatic nitrogens is 2. The van der Waals surface area contributed by atoms with Crippen molar-refractivity contribution in [3.8, 4) is 0 Å². The fourth-order valence-corrected chi connectivity index (χ4v) is 3.62. The van der Waals surface area contributed by atoms with Gasteiger partial charge in [-0.3, -0.25) is 4.79 Å². The Kier molecular flexibility index (Phi) is 5.17. The summed E-state index contributed by atoms with van der Waals surface area (Å²) in [5.41, 5.74) is 3.17. The quantitative estimate of drug-likeness (QED) is 0.485. The van der Waals surface area contributed by atoms with Gasteiger partial charge in [0.15, 0.2) is 0 Å². The minimum absolute atomic E-state index is 0.0516. The molecule has 0 aliphatic rings. The molecule has 6 heteroatoms. The highest BCUT2D eigenvalue weighted by Crippen LogP contribution is 2.34. The van der Waals surface area contributed by atoms with Gasteiger partial charge in [0.05, 0.1) is 12.8 Å². The molecule has 4 rings (SSSR count). The normalized spacial score (nSPS) is 12.2. The molecular formula is C22H20ClN3O2. The van der Waals surface area contributed by atoms with Gasteiger partial charge in [0.2, 0.25) is 5.91 Å². The van der Waals surface area contributed by atoms with Crippen molar-refractivity contribution in [2.45, 2.75) is 18.9 Å². The number of pyridine rings is 1. The number of hydrogen-bond acceptors (Lipinski definition) is 3. The molecule has 0 saturated heterocycles. The predicted octanol–water partition coefficient (Wildman–Crippen LogP) is 4.66. The molecule has 0 radical (unpaired) electrons. The van der Waals surface area contributed by atoms with Crippen molar-refractivity contribution in [2.24, 2.45) is 7.05 Å². The Morgan fingerprint density at radius 2 is 2.07 bits per heavy atom. The summed E-state index contributed by atoms with van der Waals surface area (Å²) in [4.78, 5) is 16.9.